The van der Waals surface area contributed by atoms with Crippen molar-refractivity contribution in [3.05, 3.63) is 71.2 Å². The lowest BCUT2D eigenvalue weighted by atomic mass is 10.1. The van der Waals surface area contributed by atoms with Crippen LogP contribution in [0.25, 0.3) is 0 Å². The monoisotopic (exact) mass is 438 g/mol. The Hall–Kier alpha value is -3.23. The lowest BCUT2D eigenvalue weighted by Crippen LogP contribution is -2.47. The highest BCUT2D eigenvalue weighted by molar-refractivity contribution is 6.13. The third kappa shape index (κ3) is 5.15. The van der Waals surface area contributed by atoms with Crippen molar-refractivity contribution in [2.45, 2.75) is 13.5 Å². The summed E-state index contributed by atoms with van der Waals surface area (Å²) in [7, 11) is 0. The number of piperazine rings is 1. The molecule has 2 N–H and O–H groups in total. The van der Waals surface area contributed by atoms with Crippen LogP contribution in [0, 0.1) is 5.82 Å². The van der Waals surface area contributed by atoms with Gasteiger partial charge in [0.2, 0.25) is 0 Å². The average molecular weight is 439 g/mol. The zero-order valence-electron chi connectivity index (χ0n) is 18.1. The van der Waals surface area contributed by atoms with Crippen molar-refractivity contribution in [3.63, 3.8) is 0 Å². The summed E-state index contributed by atoms with van der Waals surface area (Å²) in [6.45, 7) is 6.33. The molecule has 2 aliphatic rings. The molecule has 32 heavy (non-hydrogen) atoms. The van der Waals surface area contributed by atoms with E-state index in [1.54, 1.807) is 6.92 Å². The van der Waals surface area contributed by atoms with Crippen molar-refractivity contribution in [3.8, 4) is 0 Å². The van der Waals surface area contributed by atoms with Crippen LogP contribution in [0.1, 0.15) is 12.5 Å². The molecule has 0 unspecified atom stereocenters. The highest BCUT2D eigenvalue weighted by Gasteiger charge is 2.29. The second kappa shape index (κ2) is 9.93. The summed E-state index contributed by atoms with van der Waals surface area (Å²) in [5.74, 6) is -1.50. The zero-order chi connectivity index (χ0) is 22.5. The van der Waals surface area contributed by atoms with E-state index in [0.29, 0.717) is 17.9 Å². The topological polar surface area (TPSA) is 73.9 Å². The number of hydrogen-bond donors (Lipinski definition) is 2. The summed E-state index contributed by atoms with van der Waals surface area (Å²) >= 11 is 0. The number of benzene rings is 2. The molecule has 1 amide bonds. The zero-order valence-corrected chi connectivity index (χ0v) is 18.1. The average Bonchev–Trinajstić information content (AvgIpc) is 2.92. The number of rotatable bonds is 6. The van der Waals surface area contributed by atoms with Crippen molar-refractivity contribution < 1.29 is 18.7 Å². The summed E-state index contributed by atoms with van der Waals surface area (Å²) in [6, 6.07) is 14.3. The lowest BCUT2D eigenvalue weighted by molar-refractivity contribution is -0.138. The van der Waals surface area contributed by atoms with E-state index in [2.05, 4.69) is 32.6 Å². The van der Waals surface area contributed by atoms with E-state index in [1.165, 1.54) is 23.8 Å². The first-order valence-corrected chi connectivity index (χ1v) is 10.8. The van der Waals surface area contributed by atoms with Crippen LogP contribution in [-0.4, -0.2) is 61.0 Å². The lowest BCUT2D eigenvalue weighted by Gasteiger charge is -2.35. The quantitative estimate of drug-likeness (QED) is 0.676. The maximum absolute atomic E-state index is 13.7. The van der Waals surface area contributed by atoms with E-state index >= 15 is 0 Å². The van der Waals surface area contributed by atoms with Gasteiger partial charge in [0, 0.05) is 39.3 Å². The summed E-state index contributed by atoms with van der Waals surface area (Å²) < 4.78 is 18.9. The van der Waals surface area contributed by atoms with E-state index in [1.807, 2.05) is 18.2 Å². The molecular weight excluding hydrogens is 411 g/mol. The Bertz CT molecular complexity index is 1020. The molecule has 4 rings (SSSR count). The SMILES string of the molecule is CCOC(=O)C1=C(CN2CCN(Cc3ccccc3)CC2)C(=O)Nc2cc(F)ccc2N1. The summed E-state index contributed by atoms with van der Waals surface area (Å²) in [5.41, 5.74) is 2.40. The van der Waals surface area contributed by atoms with Gasteiger partial charge in [-0.1, -0.05) is 30.3 Å². The standard InChI is InChI=1S/C24H27FN4O3/c1-2-32-24(31)22-19(23(30)27-21-14-18(25)8-9-20(21)26-22)16-29-12-10-28(11-13-29)15-17-6-4-3-5-7-17/h3-9,14,26H,2,10-13,15-16H2,1H3,(H,27,30). The van der Waals surface area contributed by atoms with Gasteiger partial charge in [0.25, 0.3) is 5.91 Å². The Morgan fingerprint density at radius 2 is 1.66 bits per heavy atom. The minimum Gasteiger partial charge on any atom is -0.461 e. The smallest absolute Gasteiger partial charge is 0.355 e. The molecule has 0 aliphatic carbocycles. The number of ether oxygens (including phenoxy) is 1. The molecule has 0 saturated carbocycles. The third-order valence-corrected chi connectivity index (χ3v) is 5.64. The van der Waals surface area contributed by atoms with E-state index in [9.17, 15) is 14.0 Å². The predicted octanol–water partition coefficient (Wildman–Crippen LogP) is 2.82. The van der Waals surface area contributed by atoms with Crippen molar-refractivity contribution in [1.29, 1.82) is 0 Å². The first-order chi connectivity index (χ1) is 15.5. The second-order valence-corrected chi connectivity index (χ2v) is 7.88. The van der Waals surface area contributed by atoms with E-state index in [0.717, 1.165) is 32.7 Å². The molecular formula is C24H27FN4O3. The van der Waals surface area contributed by atoms with E-state index in [4.69, 9.17) is 4.74 Å². The molecule has 0 radical (unpaired) electrons. The van der Waals surface area contributed by atoms with Gasteiger partial charge in [-0.15, -0.1) is 0 Å². The minimum atomic E-state index is -0.600. The summed E-state index contributed by atoms with van der Waals surface area (Å²) in [6.07, 6.45) is 0. The maximum atomic E-state index is 13.7. The highest BCUT2D eigenvalue weighted by atomic mass is 19.1. The predicted molar refractivity (Wildman–Crippen MR) is 120 cm³/mol. The molecule has 2 heterocycles. The fourth-order valence-corrected chi connectivity index (χ4v) is 3.95. The fraction of sp³-hybridized carbons (Fsp3) is 0.333. The fourth-order valence-electron chi connectivity index (χ4n) is 3.95. The molecule has 1 fully saturated rings. The first-order valence-electron chi connectivity index (χ1n) is 10.8. The van der Waals surface area contributed by atoms with Gasteiger partial charge in [-0.05, 0) is 30.7 Å². The first kappa shape index (κ1) is 22.0. The number of nitrogens with one attached hydrogen (secondary N) is 2. The van der Waals surface area contributed by atoms with Crippen molar-refractivity contribution in [2.24, 2.45) is 0 Å². The number of esters is 1. The maximum Gasteiger partial charge on any atom is 0.355 e. The van der Waals surface area contributed by atoms with Crippen LogP contribution in [-0.2, 0) is 20.9 Å². The van der Waals surface area contributed by atoms with Crippen LogP contribution >= 0.6 is 0 Å². The van der Waals surface area contributed by atoms with Crippen LogP contribution in [0.3, 0.4) is 0 Å². The molecule has 1 saturated heterocycles. The molecule has 0 bridgehead atoms. The van der Waals surface area contributed by atoms with Crippen molar-refractivity contribution in [2.75, 3.05) is 50.0 Å². The van der Waals surface area contributed by atoms with Crippen LogP contribution < -0.4 is 10.6 Å². The number of anilines is 2. The Labute approximate surface area is 186 Å². The minimum absolute atomic E-state index is 0.0985. The number of nitrogens with zero attached hydrogens (tertiary/aromatic N) is 2. The van der Waals surface area contributed by atoms with Crippen molar-refractivity contribution in [1.82, 2.24) is 9.80 Å². The summed E-state index contributed by atoms with van der Waals surface area (Å²) in [4.78, 5) is 30.2. The van der Waals surface area contributed by atoms with Gasteiger partial charge in [0.15, 0.2) is 0 Å². The molecule has 2 aromatic carbocycles. The molecule has 8 heteroatoms. The largest absolute Gasteiger partial charge is 0.461 e. The normalized spacial score (nSPS) is 17.2. The van der Waals surface area contributed by atoms with Gasteiger partial charge in [-0.25, -0.2) is 9.18 Å². The Morgan fingerprint density at radius 3 is 2.34 bits per heavy atom. The number of fused-ring (bicyclic) bond motifs is 1. The van der Waals surface area contributed by atoms with E-state index < -0.39 is 17.7 Å². The van der Waals surface area contributed by atoms with Crippen LogP contribution in [0.5, 0.6) is 0 Å². The van der Waals surface area contributed by atoms with Gasteiger partial charge >= 0.3 is 5.97 Å². The van der Waals surface area contributed by atoms with Gasteiger partial charge < -0.3 is 15.4 Å². The molecule has 7 nitrogen and oxygen atoms in total. The van der Waals surface area contributed by atoms with Gasteiger partial charge in [-0.3, -0.25) is 14.6 Å². The van der Waals surface area contributed by atoms with Gasteiger partial charge in [0.1, 0.15) is 11.5 Å². The molecule has 168 valence electrons. The molecule has 2 aliphatic heterocycles. The molecule has 0 spiro atoms. The van der Waals surface area contributed by atoms with Gasteiger partial charge in [-0.2, -0.15) is 0 Å². The van der Waals surface area contributed by atoms with Crippen LogP contribution in [0.2, 0.25) is 0 Å². The number of carbonyl (C=O) groups excluding carboxylic acids is 2. The van der Waals surface area contributed by atoms with Crippen molar-refractivity contribution >= 4 is 23.3 Å². The molecule has 0 atom stereocenters. The number of carbonyl (C=O) groups is 2. The molecule has 2 aromatic rings. The third-order valence-electron chi connectivity index (χ3n) is 5.64. The molecule has 0 aromatic heterocycles. The van der Waals surface area contributed by atoms with E-state index in [-0.39, 0.29) is 17.9 Å². The number of hydrogen-bond acceptors (Lipinski definition) is 6. The Balaban J connectivity index is 1.48. The number of halogens is 1. The number of amides is 1. The second-order valence-electron chi connectivity index (χ2n) is 7.88. The highest BCUT2D eigenvalue weighted by Crippen LogP contribution is 2.29. The summed E-state index contributed by atoms with van der Waals surface area (Å²) in [5, 5.41) is 5.73. The van der Waals surface area contributed by atoms with Crippen LogP contribution in [0.4, 0.5) is 15.8 Å². The Kier molecular flexibility index (Phi) is 6.82. The van der Waals surface area contributed by atoms with Gasteiger partial charge in [0.05, 0.1) is 23.6 Å². The van der Waals surface area contributed by atoms with Crippen LogP contribution in [0.15, 0.2) is 59.8 Å². The Morgan fingerprint density at radius 1 is 0.969 bits per heavy atom.